The highest BCUT2D eigenvalue weighted by molar-refractivity contribution is 7.98. The molecule has 2 saturated heterocycles. The molecule has 3 aromatic rings. The number of piperidine rings is 1. The van der Waals surface area contributed by atoms with Crippen LogP contribution < -0.4 is 4.74 Å². The number of carbonyl (C=O) groups excluding carboxylic acids is 1. The number of hydrogen-bond acceptors (Lipinski definition) is 8. The molecule has 0 saturated carbocycles. The molecule has 2 fully saturated rings. The average molecular weight is 574 g/mol. The molecule has 0 aliphatic carbocycles. The number of nitrogens with zero attached hydrogens (tertiary/aromatic N) is 3. The Morgan fingerprint density at radius 1 is 1.15 bits per heavy atom. The molecule has 0 radical (unpaired) electrons. The van der Waals surface area contributed by atoms with Crippen LogP contribution in [0.15, 0.2) is 46.5 Å². The molecule has 0 spiro atoms. The molecule has 11 heteroatoms. The minimum atomic E-state index is -3.59. The van der Waals surface area contributed by atoms with Crippen molar-refractivity contribution >= 4 is 38.8 Å². The average Bonchev–Trinajstić information content (AvgIpc) is 3.59. The third-order valence-corrected chi connectivity index (χ3v) is 10.3. The van der Waals surface area contributed by atoms with E-state index in [1.165, 1.54) is 7.11 Å². The van der Waals surface area contributed by atoms with Crippen molar-refractivity contribution in [2.75, 3.05) is 33.9 Å². The zero-order valence-corrected chi connectivity index (χ0v) is 24.2. The van der Waals surface area contributed by atoms with Crippen LogP contribution in [0.4, 0.5) is 0 Å². The first-order valence-electron chi connectivity index (χ1n) is 13.3. The Kier molecular flexibility index (Phi) is 8.51. The fraction of sp³-hybridized carbons (Fsp3) is 0.500. The number of hydrogen-bond donors (Lipinski definition) is 0. The van der Waals surface area contributed by atoms with Crippen molar-refractivity contribution in [3.05, 3.63) is 47.5 Å². The molecule has 5 rings (SSSR count). The number of aromatic nitrogens is 2. The molecule has 2 atom stereocenters. The van der Waals surface area contributed by atoms with Crippen molar-refractivity contribution in [3.63, 3.8) is 0 Å². The number of benzene rings is 2. The van der Waals surface area contributed by atoms with Crippen LogP contribution in [0.2, 0.25) is 0 Å². The molecule has 0 amide bonds. The van der Waals surface area contributed by atoms with Crippen molar-refractivity contribution in [1.29, 1.82) is 0 Å². The number of fused-ring (bicyclic) bond motifs is 1. The zero-order valence-electron chi connectivity index (χ0n) is 22.6. The fourth-order valence-electron chi connectivity index (χ4n) is 5.29. The number of imidazole rings is 1. The van der Waals surface area contributed by atoms with E-state index in [9.17, 15) is 13.2 Å². The third-order valence-electron chi connectivity index (χ3n) is 7.42. The van der Waals surface area contributed by atoms with Gasteiger partial charge in [-0.3, -0.25) is 0 Å². The Morgan fingerprint density at radius 3 is 2.72 bits per heavy atom. The lowest BCUT2D eigenvalue weighted by atomic mass is 10.0. The van der Waals surface area contributed by atoms with Crippen LogP contribution in [0, 0.1) is 5.92 Å². The summed E-state index contributed by atoms with van der Waals surface area (Å²) in [5.74, 6) is 1.08. The van der Waals surface area contributed by atoms with E-state index in [1.54, 1.807) is 47.4 Å². The maximum atomic E-state index is 13.4. The molecule has 0 N–H and O–H groups in total. The van der Waals surface area contributed by atoms with Gasteiger partial charge in [0.1, 0.15) is 5.75 Å². The Labute approximate surface area is 233 Å². The lowest BCUT2D eigenvalue weighted by Gasteiger charge is -2.30. The first-order chi connectivity index (χ1) is 18.8. The predicted molar refractivity (Wildman–Crippen MR) is 150 cm³/mol. The SMILES string of the molecule is COC(=O)c1ccc(CSc2nc3cc(S(=O)(=O)N4CCC[C@H](C)C4)ccc3n2C[C@@H]2CCCO2)c(OC)c1. The van der Waals surface area contributed by atoms with Crippen LogP contribution in [0.25, 0.3) is 11.0 Å². The van der Waals surface area contributed by atoms with Crippen molar-refractivity contribution in [2.24, 2.45) is 5.92 Å². The highest BCUT2D eigenvalue weighted by atomic mass is 32.2. The number of thioether (sulfide) groups is 1. The second-order valence-corrected chi connectivity index (χ2v) is 13.1. The molecule has 2 aliphatic rings. The number of rotatable bonds is 9. The Balaban J connectivity index is 1.46. The Morgan fingerprint density at radius 2 is 2.00 bits per heavy atom. The highest BCUT2D eigenvalue weighted by Crippen LogP contribution is 2.33. The first-order valence-corrected chi connectivity index (χ1v) is 15.7. The minimum Gasteiger partial charge on any atom is -0.496 e. The number of ether oxygens (including phenoxy) is 3. The van der Waals surface area contributed by atoms with Crippen LogP contribution in [-0.4, -0.2) is 68.3 Å². The maximum Gasteiger partial charge on any atom is 0.337 e. The van der Waals surface area contributed by atoms with Gasteiger partial charge >= 0.3 is 5.97 Å². The molecule has 0 bridgehead atoms. The van der Waals surface area contributed by atoms with Gasteiger partial charge < -0.3 is 18.8 Å². The summed E-state index contributed by atoms with van der Waals surface area (Å²) in [6.45, 7) is 4.59. The van der Waals surface area contributed by atoms with Gasteiger partial charge in [0, 0.05) is 31.0 Å². The summed E-state index contributed by atoms with van der Waals surface area (Å²) >= 11 is 1.54. The molecule has 3 heterocycles. The lowest BCUT2D eigenvalue weighted by molar-refractivity contribution is 0.0600. The van der Waals surface area contributed by atoms with E-state index in [0.717, 1.165) is 48.5 Å². The van der Waals surface area contributed by atoms with E-state index in [-0.39, 0.29) is 11.0 Å². The monoisotopic (exact) mass is 573 g/mol. The highest BCUT2D eigenvalue weighted by Gasteiger charge is 2.29. The van der Waals surface area contributed by atoms with Crippen molar-refractivity contribution in [2.45, 2.75) is 61.1 Å². The van der Waals surface area contributed by atoms with Gasteiger partial charge in [-0.25, -0.2) is 18.2 Å². The number of esters is 1. The summed E-state index contributed by atoms with van der Waals surface area (Å²) in [6.07, 6.45) is 4.03. The summed E-state index contributed by atoms with van der Waals surface area (Å²) in [5, 5.41) is 0.778. The van der Waals surface area contributed by atoms with Gasteiger partial charge in [-0.1, -0.05) is 24.8 Å². The molecule has 0 unspecified atom stereocenters. The summed E-state index contributed by atoms with van der Waals surface area (Å²) in [4.78, 5) is 17.1. The largest absolute Gasteiger partial charge is 0.496 e. The normalized spacial score (nSPS) is 20.4. The molecule has 39 heavy (non-hydrogen) atoms. The molecule has 9 nitrogen and oxygen atoms in total. The van der Waals surface area contributed by atoms with E-state index in [0.29, 0.717) is 48.1 Å². The van der Waals surface area contributed by atoms with Gasteiger partial charge in [0.05, 0.1) is 48.4 Å². The second kappa shape index (κ2) is 11.9. The quantitative estimate of drug-likeness (QED) is 0.268. The molecule has 2 aliphatic heterocycles. The van der Waals surface area contributed by atoms with E-state index in [1.807, 2.05) is 12.1 Å². The summed E-state index contributed by atoms with van der Waals surface area (Å²) in [6, 6.07) is 10.5. The summed E-state index contributed by atoms with van der Waals surface area (Å²) in [5.41, 5.74) is 2.86. The van der Waals surface area contributed by atoms with Crippen LogP contribution >= 0.6 is 11.8 Å². The fourth-order valence-corrected chi connectivity index (χ4v) is 7.92. The van der Waals surface area contributed by atoms with E-state index in [2.05, 4.69) is 11.5 Å². The zero-order chi connectivity index (χ0) is 27.6. The summed E-state index contributed by atoms with van der Waals surface area (Å²) < 4.78 is 46.9. The van der Waals surface area contributed by atoms with Crippen LogP contribution in [0.3, 0.4) is 0 Å². The second-order valence-electron chi connectivity index (χ2n) is 10.2. The molecular formula is C28H35N3O6S2. The molecule has 2 aromatic carbocycles. The number of carbonyl (C=O) groups is 1. The predicted octanol–water partition coefficient (Wildman–Crippen LogP) is 4.72. The lowest BCUT2D eigenvalue weighted by Crippen LogP contribution is -2.39. The Hall–Kier alpha value is -2.60. The van der Waals surface area contributed by atoms with Gasteiger partial charge in [0.25, 0.3) is 0 Å². The third kappa shape index (κ3) is 5.96. The standard InChI is InChI=1S/C28H35N3O6S2/c1-19-6-4-12-30(16-19)39(33,34)23-10-11-25-24(15-23)29-28(31(25)17-22-7-5-13-37-22)38-18-21-9-8-20(27(32)36-3)14-26(21)35-2/h8-11,14-15,19,22H,4-7,12-13,16-18H2,1-3H3/t19-,22-/m0/s1. The van der Waals surface area contributed by atoms with E-state index < -0.39 is 16.0 Å². The first kappa shape index (κ1) is 27.9. The van der Waals surface area contributed by atoms with Crippen LogP contribution in [-0.2, 0) is 31.8 Å². The van der Waals surface area contributed by atoms with Gasteiger partial charge in [0.2, 0.25) is 10.0 Å². The number of sulfonamides is 1. The van der Waals surface area contributed by atoms with Crippen LogP contribution in [0.5, 0.6) is 5.75 Å². The molecule has 210 valence electrons. The number of methoxy groups -OCH3 is 2. The van der Waals surface area contributed by atoms with E-state index >= 15 is 0 Å². The van der Waals surface area contributed by atoms with Crippen molar-refractivity contribution in [1.82, 2.24) is 13.9 Å². The van der Waals surface area contributed by atoms with E-state index in [4.69, 9.17) is 19.2 Å². The molecule has 1 aromatic heterocycles. The topological polar surface area (TPSA) is 100.0 Å². The van der Waals surface area contributed by atoms with Gasteiger partial charge in [-0.15, -0.1) is 0 Å². The van der Waals surface area contributed by atoms with Gasteiger partial charge in [-0.2, -0.15) is 4.31 Å². The Bertz CT molecular complexity index is 1450. The van der Waals surface area contributed by atoms with Crippen LogP contribution in [0.1, 0.15) is 48.5 Å². The van der Waals surface area contributed by atoms with Gasteiger partial charge in [0.15, 0.2) is 5.16 Å². The van der Waals surface area contributed by atoms with Crippen molar-refractivity contribution in [3.8, 4) is 5.75 Å². The minimum absolute atomic E-state index is 0.0915. The molecular weight excluding hydrogens is 538 g/mol. The summed E-state index contributed by atoms with van der Waals surface area (Å²) in [7, 11) is -0.672. The van der Waals surface area contributed by atoms with Gasteiger partial charge in [-0.05, 0) is 61.9 Å². The van der Waals surface area contributed by atoms with Crippen molar-refractivity contribution < 1.29 is 27.4 Å². The smallest absolute Gasteiger partial charge is 0.337 e. The maximum absolute atomic E-state index is 13.4.